The Hall–Kier alpha value is -3.07. The van der Waals surface area contributed by atoms with Crippen molar-refractivity contribution in [2.24, 2.45) is 5.10 Å². The number of carbonyl (C=O) groups is 1. The molecule has 0 saturated heterocycles. The van der Waals surface area contributed by atoms with Gasteiger partial charge in [0.2, 0.25) is 0 Å². The number of nitrogens with one attached hydrogen (secondary N) is 2. The minimum Gasteiger partial charge on any atom is -0.506 e. The van der Waals surface area contributed by atoms with E-state index in [9.17, 15) is 9.90 Å². The minimum atomic E-state index is -0.435. The third-order valence-corrected chi connectivity index (χ3v) is 5.57. The maximum atomic E-state index is 12.2. The zero-order chi connectivity index (χ0) is 23.8. The molecule has 0 aliphatic rings. The second-order valence-corrected chi connectivity index (χ2v) is 8.54. The minimum absolute atomic E-state index is 0.0862. The van der Waals surface area contributed by atoms with Crippen molar-refractivity contribution in [3.63, 3.8) is 0 Å². The number of ether oxygens (including phenoxy) is 1. The summed E-state index contributed by atoms with van der Waals surface area (Å²) in [5, 5.41) is 16.9. The van der Waals surface area contributed by atoms with Crippen LogP contribution in [0.3, 0.4) is 0 Å². The number of phenolic OH excluding ortho intramolecular Hbond substituents is 1. The van der Waals surface area contributed by atoms with Crippen LogP contribution in [0, 0.1) is 6.92 Å². The number of hydrazone groups is 1. The summed E-state index contributed by atoms with van der Waals surface area (Å²) < 4.78 is 6.72. The number of carbonyl (C=O) groups excluding carboxylic acids is 1. The molecule has 9 heteroatoms. The molecule has 0 radical (unpaired) electrons. The van der Waals surface area contributed by atoms with Gasteiger partial charge in [-0.15, -0.1) is 0 Å². The lowest BCUT2D eigenvalue weighted by molar-refractivity contribution is 0.0955. The summed E-state index contributed by atoms with van der Waals surface area (Å²) in [6.07, 6.45) is 1.54. The summed E-state index contributed by atoms with van der Waals surface area (Å²) in [7, 11) is 0. The van der Waals surface area contributed by atoms with Crippen molar-refractivity contribution in [3.05, 3.63) is 86.3 Å². The molecule has 5 N–H and O–H groups in total. The number of aryl methyl sites for hydroxylation is 1. The Morgan fingerprint density at radius 3 is 2.67 bits per heavy atom. The highest BCUT2D eigenvalue weighted by Gasteiger charge is 2.09. The largest absolute Gasteiger partial charge is 0.506 e. The molecule has 0 spiro atoms. The number of rotatable bonds is 9. The number of aromatic hydroxyl groups is 1. The molecule has 3 aromatic rings. The average Bonchev–Trinajstić information content (AvgIpc) is 2.78. The molecular formula is C24H24BrClN4O3. The van der Waals surface area contributed by atoms with Crippen LogP contribution in [0.1, 0.15) is 27.0 Å². The monoisotopic (exact) mass is 530 g/mol. The van der Waals surface area contributed by atoms with Gasteiger partial charge in [0.1, 0.15) is 18.1 Å². The summed E-state index contributed by atoms with van der Waals surface area (Å²) in [5.41, 5.74) is 12.1. The predicted molar refractivity (Wildman–Crippen MR) is 135 cm³/mol. The van der Waals surface area contributed by atoms with Gasteiger partial charge in [-0.25, -0.2) is 5.43 Å². The fraction of sp³-hybridized carbons (Fsp3) is 0.167. The summed E-state index contributed by atoms with van der Waals surface area (Å²) in [5.74, 6) is 0.233. The van der Waals surface area contributed by atoms with Crippen LogP contribution in [-0.4, -0.2) is 30.4 Å². The van der Waals surface area contributed by atoms with Gasteiger partial charge in [-0.3, -0.25) is 4.79 Å². The van der Waals surface area contributed by atoms with Gasteiger partial charge in [-0.2, -0.15) is 5.10 Å². The van der Waals surface area contributed by atoms with E-state index in [0.717, 1.165) is 39.1 Å². The van der Waals surface area contributed by atoms with Crippen molar-refractivity contribution in [2.75, 3.05) is 18.9 Å². The molecule has 0 aromatic heterocycles. The van der Waals surface area contributed by atoms with E-state index in [0.29, 0.717) is 18.7 Å². The first-order chi connectivity index (χ1) is 15.8. The molecule has 0 aliphatic carbocycles. The van der Waals surface area contributed by atoms with Crippen LogP contribution in [-0.2, 0) is 6.54 Å². The molecule has 33 heavy (non-hydrogen) atoms. The molecule has 0 heterocycles. The van der Waals surface area contributed by atoms with Crippen LogP contribution in [0.25, 0.3) is 0 Å². The van der Waals surface area contributed by atoms with Crippen molar-refractivity contribution in [1.82, 2.24) is 10.7 Å². The van der Waals surface area contributed by atoms with Crippen LogP contribution in [0.4, 0.5) is 5.69 Å². The number of amides is 1. The van der Waals surface area contributed by atoms with Crippen LogP contribution >= 0.6 is 27.5 Å². The summed E-state index contributed by atoms with van der Waals surface area (Å²) in [6, 6.07) is 15.7. The zero-order valence-electron chi connectivity index (χ0n) is 17.9. The Labute approximate surface area is 205 Å². The van der Waals surface area contributed by atoms with E-state index in [2.05, 4.69) is 31.8 Å². The summed E-state index contributed by atoms with van der Waals surface area (Å²) in [4.78, 5) is 12.2. The molecule has 0 aliphatic heterocycles. The highest BCUT2D eigenvalue weighted by atomic mass is 79.9. The maximum Gasteiger partial charge on any atom is 0.271 e. The number of hydrogen-bond acceptors (Lipinski definition) is 6. The molecule has 0 bridgehead atoms. The number of phenols is 1. The molecule has 3 rings (SSSR count). The highest BCUT2D eigenvalue weighted by Crippen LogP contribution is 2.30. The van der Waals surface area contributed by atoms with Crippen molar-refractivity contribution in [1.29, 1.82) is 0 Å². The lowest BCUT2D eigenvalue weighted by Crippen LogP contribution is -2.21. The number of anilines is 1. The maximum absolute atomic E-state index is 12.2. The standard InChI is InChI=1S/C24H24BrClN4O3/c1-15-10-17(14-29-30-24(32)18-4-7-22(31)21(26)12-18)11-20(25)23(15)33-9-8-28-13-16-2-5-19(27)6-3-16/h2-7,10-12,14,28,31H,8-9,13,27H2,1H3,(H,30,32)/b29-14+. The average molecular weight is 532 g/mol. The molecule has 172 valence electrons. The Morgan fingerprint density at radius 2 is 1.97 bits per heavy atom. The number of nitrogens with two attached hydrogens (primary N) is 1. The first-order valence-corrected chi connectivity index (χ1v) is 11.3. The van der Waals surface area contributed by atoms with Gasteiger partial charge in [-0.1, -0.05) is 23.7 Å². The van der Waals surface area contributed by atoms with Crippen LogP contribution < -0.4 is 21.2 Å². The Balaban J connectivity index is 1.49. The van der Waals surface area contributed by atoms with Crippen LogP contribution in [0.15, 0.2) is 64.2 Å². The molecule has 7 nitrogen and oxygen atoms in total. The van der Waals surface area contributed by atoms with E-state index in [1.54, 1.807) is 0 Å². The topological polar surface area (TPSA) is 109 Å². The number of hydrogen-bond donors (Lipinski definition) is 4. The van der Waals surface area contributed by atoms with Crippen molar-refractivity contribution < 1.29 is 14.6 Å². The van der Waals surface area contributed by atoms with Gasteiger partial charge in [0.25, 0.3) is 5.91 Å². The van der Waals surface area contributed by atoms with E-state index in [1.807, 2.05) is 43.3 Å². The number of nitrogens with zero attached hydrogens (tertiary/aromatic N) is 1. The SMILES string of the molecule is Cc1cc(/C=N/NC(=O)c2ccc(O)c(Cl)c2)cc(Br)c1OCCNCc1ccc(N)cc1. The van der Waals surface area contributed by atoms with Crippen LogP contribution in [0.2, 0.25) is 5.02 Å². The fourth-order valence-electron chi connectivity index (χ4n) is 2.99. The van der Waals surface area contributed by atoms with Gasteiger partial charge < -0.3 is 20.9 Å². The van der Waals surface area contributed by atoms with E-state index in [4.69, 9.17) is 22.1 Å². The summed E-state index contributed by atoms with van der Waals surface area (Å²) in [6.45, 7) is 3.87. The Kier molecular flexibility index (Phi) is 8.71. The third kappa shape index (κ3) is 7.21. The fourth-order valence-corrected chi connectivity index (χ4v) is 3.86. The number of nitrogen functional groups attached to an aromatic ring is 1. The molecule has 0 fully saturated rings. The van der Waals surface area contributed by atoms with Crippen molar-refractivity contribution in [2.45, 2.75) is 13.5 Å². The molecule has 1 amide bonds. The Bertz CT molecular complexity index is 1130. The number of halogens is 2. The van der Waals surface area contributed by atoms with E-state index in [-0.39, 0.29) is 10.8 Å². The lowest BCUT2D eigenvalue weighted by Gasteiger charge is -2.13. The lowest BCUT2D eigenvalue weighted by atomic mass is 10.1. The first-order valence-electron chi connectivity index (χ1n) is 10.1. The zero-order valence-corrected chi connectivity index (χ0v) is 20.3. The van der Waals surface area contributed by atoms with E-state index in [1.165, 1.54) is 24.4 Å². The smallest absolute Gasteiger partial charge is 0.271 e. The van der Waals surface area contributed by atoms with Crippen molar-refractivity contribution >= 4 is 45.3 Å². The van der Waals surface area contributed by atoms with Gasteiger partial charge >= 0.3 is 0 Å². The van der Waals surface area contributed by atoms with Crippen LogP contribution in [0.5, 0.6) is 11.5 Å². The van der Waals surface area contributed by atoms with Gasteiger partial charge in [-0.05, 0) is 82.0 Å². The quantitative estimate of drug-likeness (QED) is 0.139. The van der Waals surface area contributed by atoms with E-state index < -0.39 is 5.91 Å². The summed E-state index contributed by atoms with van der Waals surface area (Å²) >= 11 is 9.37. The van der Waals surface area contributed by atoms with Gasteiger partial charge in [0, 0.05) is 24.3 Å². The van der Waals surface area contributed by atoms with Gasteiger partial charge in [0.05, 0.1) is 15.7 Å². The third-order valence-electron chi connectivity index (χ3n) is 4.68. The molecular weight excluding hydrogens is 508 g/mol. The normalized spacial score (nSPS) is 11.0. The molecule has 3 aromatic carbocycles. The Morgan fingerprint density at radius 1 is 1.21 bits per heavy atom. The first kappa shape index (κ1) is 24.6. The molecule has 0 atom stereocenters. The van der Waals surface area contributed by atoms with Crippen molar-refractivity contribution in [3.8, 4) is 11.5 Å². The number of benzene rings is 3. The van der Waals surface area contributed by atoms with E-state index >= 15 is 0 Å². The van der Waals surface area contributed by atoms with Gasteiger partial charge in [0.15, 0.2) is 0 Å². The second-order valence-electron chi connectivity index (χ2n) is 7.28. The predicted octanol–water partition coefficient (Wildman–Crippen LogP) is 4.63. The molecule has 0 unspecified atom stereocenters. The highest BCUT2D eigenvalue weighted by molar-refractivity contribution is 9.10. The molecule has 0 saturated carbocycles. The second kappa shape index (κ2) is 11.7.